The summed E-state index contributed by atoms with van der Waals surface area (Å²) in [6.07, 6.45) is 1.22. The SMILES string of the molecule is CCC(CC)(SCc1ccc(C#N)cc1)C(=O)O. The van der Waals surface area contributed by atoms with Crippen molar-refractivity contribution in [1.82, 2.24) is 0 Å². The quantitative estimate of drug-likeness (QED) is 0.854. The van der Waals surface area contributed by atoms with Crippen LogP contribution in [0.3, 0.4) is 0 Å². The minimum absolute atomic E-state index is 0.611. The Balaban J connectivity index is 2.73. The maximum atomic E-state index is 11.3. The van der Waals surface area contributed by atoms with Gasteiger partial charge in [-0.2, -0.15) is 5.26 Å². The van der Waals surface area contributed by atoms with Crippen molar-refractivity contribution in [2.45, 2.75) is 37.2 Å². The first-order valence-corrected chi connectivity index (χ1v) is 6.93. The van der Waals surface area contributed by atoms with Crippen LogP contribution in [0.15, 0.2) is 24.3 Å². The van der Waals surface area contributed by atoms with Crippen molar-refractivity contribution in [1.29, 1.82) is 5.26 Å². The predicted octanol–water partition coefficient (Wildman–Crippen LogP) is 3.43. The first kappa shape index (κ1) is 14.6. The lowest BCUT2D eigenvalue weighted by atomic mass is 10.0. The maximum absolute atomic E-state index is 11.3. The van der Waals surface area contributed by atoms with Gasteiger partial charge in [0.2, 0.25) is 0 Å². The molecule has 0 amide bonds. The summed E-state index contributed by atoms with van der Waals surface area (Å²) >= 11 is 1.46. The van der Waals surface area contributed by atoms with Crippen LogP contribution in [0.1, 0.15) is 37.8 Å². The number of carbonyl (C=O) groups is 1. The van der Waals surface area contributed by atoms with Crippen LogP contribution in [0.4, 0.5) is 0 Å². The van der Waals surface area contributed by atoms with Crippen LogP contribution in [0.2, 0.25) is 0 Å². The highest BCUT2D eigenvalue weighted by atomic mass is 32.2. The first-order valence-electron chi connectivity index (χ1n) is 5.94. The van der Waals surface area contributed by atoms with Gasteiger partial charge in [-0.05, 0) is 30.5 Å². The smallest absolute Gasteiger partial charge is 0.319 e. The van der Waals surface area contributed by atoms with Crippen molar-refractivity contribution >= 4 is 17.7 Å². The van der Waals surface area contributed by atoms with Crippen molar-refractivity contribution in [3.63, 3.8) is 0 Å². The second-order valence-corrected chi connectivity index (χ2v) is 5.46. The number of hydrogen-bond donors (Lipinski definition) is 1. The second kappa shape index (κ2) is 6.46. The molecule has 1 aromatic rings. The Kier molecular flexibility index (Phi) is 5.24. The molecule has 0 unspecified atom stereocenters. The van der Waals surface area contributed by atoms with Gasteiger partial charge < -0.3 is 5.11 Å². The molecule has 1 N–H and O–H groups in total. The minimum atomic E-state index is -0.744. The van der Waals surface area contributed by atoms with Gasteiger partial charge in [-0.1, -0.05) is 26.0 Å². The summed E-state index contributed by atoms with van der Waals surface area (Å²) in [5.41, 5.74) is 1.67. The highest BCUT2D eigenvalue weighted by Crippen LogP contribution is 2.35. The molecular formula is C14H17NO2S. The summed E-state index contributed by atoms with van der Waals surface area (Å²) in [5, 5.41) is 18.0. The van der Waals surface area contributed by atoms with Crippen molar-refractivity contribution in [3.05, 3.63) is 35.4 Å². The van der Waals surface area contributed by atoms with Gasteiger partial charge in [-0.25, -0.2) is 0 Å². The molecular weight excluding hydrogens is 246 g/mol. The Morgan fingerprint density at radius 3 is 2.28 bits per heavy atom. The van der Waals surface area contributed by atoms with E-state index in [9.17, 15) is 9.90 Å². The van der Waals surface area contributed by atoms with E-state index in [0.717, 1.165) is 5.56 Å². The zero-order valence-corrected chi connectivity index (χ0v) is 11.5. The highest BCUT2D eigenvalue weighted by Gasteiger charge is 2.35. The van der Waals surface area contributed by atoms with Gasteiger partial charge in [-0.3, -0.25) is 4.79 Å². The van der Waals surface area contributed by atoms with Crippen LogP contribution in [0.25, 0.3) is 0 Å². The number of benzene rings is 1. The van der Waals surface area contributed by atoms with E-state index in [4.69, 9.17) is 5.26 Å². The fraction of sp³-hybridized carbons (Fsp3) is 0.429. The molecule has 0 radical (unpaired) electrons. The summed E-state index contributed by atoms with van der Waals surface area (Å²) in [4.78, 5) is 11.3. The minimum Gasteiger partial charge on any atom is -0.480 e. The molecule has 0 aliphatic heterocycles. The van der Waals surface area contributed by atoms with Gasteiger partial charge in [0, 0.05) is 5.75 Å². The summed E-state index contributed by atoms with van der Waals surface area (Å²) in [6.45, 7) is 3.81. The number of carboxylic acids is 1. The zero-order chi connectivity index (χ0) is 13.6. The molecule has 0 fully saturated rings. The Hall–Kier alpha value is -1.47. The van der Waals surface area contributed by atoms with Crippen LogP contribution in [-0.4, -0.2) is 15.8 Å². The molecule has 0 spiro atoms. The van der Waals surface area contributed by atoms with Gasteiger partial charge in [0.1, 0.15) is 4.75 Å². The van der Waals surface area contributed by atoms with Crippen LogP contribution in [-0.2, 0) is 10.5 Å². The Bertz CT molecular complexity index is 444. The monoisotopic (exact) mass is 263 g/mol. The average molecular weight is 263 g/mol. The van der Waals surface area contributed by atoms with Gasteiger partial charge in [0.25, 0.3) is 0 Å². The van der Waals surface area contributed by atoms with Crippen LogP contribution >= 0.6 is 11.8 Å². The van der Waals surface area contributed by atoms with E-state index in [1.807, 2.05) is 26.0 Å². The number of nitrogens with zero attached hydrogens (tertiary/aromatic N) is 1. The largest absolute Gasteiger partial charge is 0.480 e. The van der Waals surface area contributed by atoms with E-state index in [0.29, 0.717) is 24.2 Å². The lowest BCUT2D eigenvalue weighted by Gasteiger charge is -2.25. The molecule has 0 aromatic heterocycles. The van der Waals surface area contributed by atoms with Crippen molar-refractivity contribution in [2.24, 2.45) is 0 Å². The van der Waals surface area contributed by atoms with Gasteiger partial charge in [-0.15, -0.1) is 11.8 Å². The molecule has 0 heterocycles. The maximum Gasteiger partial charge on any atom is 0.319 e. The molecule has 0 saturated carbocycles. The Morgan fingerprint density at radius 1 is 1.33 bits per heavy atom. The van der Waals surface area contributed by atoms with Crippen LogP contribution in [0, 0.1) is 11.3 Å². The van der Waals surface area contributed by atoms with Gasteiger partial charge in [0.05, 0.1) is 11.6 Å². The Labute approximate surface area is 112 Å². The predicted molar refractivity (Wildman–Crippen MR) is 73.4 cm³/mol. The molecule has 0 aliphatic carbocycles. The normalized spacial score (nSPS) is 10.9. The van der Waals surface area contributed by atoms with Crippen molar-refractivity contribution in [2.75, 3.05) is 0 Å². The Morgan fingerprint density at radius 2 is 1.89 bits per heavy atom. The molecule has 18 heavy (non-hydrogen) atoms. The number of nitriles is 1. The molecule has 96 valence electrons. The molecule has 3 nitrogen and oxygen atoms in total. The van der Waals surface area contributed by atoms with Crippen LogP contribution < -0.4 is 0 Å². The number of hydrogen-bond acceptors (Lipinski definition) is 3. The average Bonchev–Trinajstić information content (AvgIpc) is 2.41. The third-order valence-electron chi connectivity index (χ3n) is 3.13. The summed E-state index contributed by atoms with van der Waals surface area (Å²) in [5.74, 6) is -0.0918. The number of rotatable bonds is 6. The number of aliphatic carboxylic acids is 1. The molecule has 0 aliphatic rings. The fourth-order valence-corrected chi connectivity index (χ4v) is 2.88. The fourth-order valence-electron chi connectivity index (χ4n) is 1.72. The third-order valence-corrected chi connectivity index (χ3v) is 4.91. The second-order valence-electron chi connectivity index (χ2n) is 4.10. The zero-order valence-electron chi connectivity index (χ0n) is 10.6. The van der Waals surface area contributed by atoms with E-state index in [-0.39, 0.29) is 0 Å². The molecule has 0 bridgehead atoms. The standard InChI is InChI=1S/C14H17NO2S/c1-3-14(4-2,13(16)17)18-10-12-7-5-11(9-15)6-8-12/h5-8H,3-4,10H2,1-2H3,(H,16,17). The van der Waals surface area contributed by atoms with E-state index in [2.05, 4.69) is 6.07 Å². The van der Waals surface area contributed by atoms with E-state index < -0.39 is 10.7 Å². The number of carboxylic acid groups (broad SMARTS) is 1. The molecule has 4 heteroatoms. The molecule has 1 aromatic carbocycles. The summed E-state index contributed by atoms with van der Waals surface area (Å²) < 4.78 is -0.700. The van der Waals surface area contributed by atoms with Crippen molar-refractivity contribution in [3.8, 4) is 6.07 Å². The molecule has 0 atom stereocenters. The molecule has 0 saturated heterocycles. The lowest BCUT2D eigenvalue weighted by molar-refractivity contribution is -0.140. The van der Waals surface area contributed by atoms with E-state index in [1.165, 1.54) is 11.8 Å². The van der Waals surface area contributed by atoms with E-state index in [1.54, 1.807) is 12.1 Å². The summed E-state index contributed by atoms with van der Waals surface area (Å²) in [7, 11) is 0. The first-order chi connectivity index (χ1) is 8.57. The summed E-state index contributed by atoms with van der Waals surface area (Å²) in [6, 6.07) is 9.34. The van der Waals surface area contributed by atoms with Gasteiger partial charge >= 0.3 is 5.97 Å². The number of thioether (sulfide) groups is 1. The highest BCUT2D eigenvalue weighted by molar-refractivity contribution is 8.00. The lowest BCUT2D eigenvalue weighted by Crippen LogP contribution is -2.33. The van der Waals surface area contributed by atoms with E-state index >= 15 is 0 Å². The van der Waals surface area contributed by atoms with Crippen molar-refractivity contribution < 1.29 is 9.90 Å². The molecule has 1 rings (SSSR count). The van der Waals surface area contributed by atoms with Crippen LogP contribution in [0.5, 0.6) is 0 Å². The van der Waals surface area contributed by atoms with Gasteiger partial charge in [0.15, 0.2) is 0 Å². The third kappa shape index (κ3) is 3.27. The topological polar surface area (TPSA) is 61.1 Å².